The number of likely N-dealkylation sites (N-methyl/N-ethyl adjacent to an activating group) is 1. The molecule has 5 heteroatoms. The Morgan fingerprint density at radius 2 is 2.11 bits per heavy atom. The molecule has 104 valence electrons. The average molecular weight is 256 g/mol. The fraction of sp³-hybridized carbons (Fsp3) is 0.923. The van der Waals surface area contributed by atoms with Crippen molar-refractivity contribution in [1.82, 2.24) is 10.2 Å². The van der Waals surface area contributed by atoms with Gasteiger partial charge < -0.3 is 19.7 Å². The van der Waals surface area contributed by atoms with Crippen LogP contribution in [0.4, 0.5) is 0 Å². The van der Waals surface area contributed by atoms with Crippen LogP contribution in [0.15, 0.2) is 0 Å². The van der Waals surface area contributed by atoms with Crippen molar-refractivity contribution in [3.05, 3.63) is 0 Å². The van der Waals surface area contributed by atoms with Crippen LogP contribution in [0.3, 0.4) is 0 Å². The molecular weight excluding hydrogens is 232 g/mol. The van der Waals surface area contributed by atoms with Crippen LogP contribution in [0.2, 0.25) is 0 Å². The summed E-state index contributed by atoms with van der Waals surface area (Å²) >= 11 is 0. The molecular formula is C13H24N2O3. The van der Waals surface area contributed by atoms with Crippen molar-refractivity contribution in [3.8, 4) is 0 Å². The smallest absolute Gasteiger partial charge is 0.225 e. The molecule has 2 atom stereocenters. The van der Waals surface area contributed by atoms with E-state index in [1.54, 1.807) is 4.90 Å². The number of morpholine rings is 1. The van der Waals surface area contributed by atoms with Gasteiger partial charge in [-0.25, -0.2) is 0 Å². The van der Waals surface area contributed by atoms with Crippen molar-refractivity contribution in [2.24, 2.45) is 0 Å². The summed E-state index contributed by atoms with van der Waals surface area (Å²) in [5, 5.41) is 3.27. The van der Waals surface area contributed by atoms with Gasteiger partial charge in [-0.2, -0.15) is 0 Å². The Morgan fingerprint density at radius 3 is 2.78 bits per heavy atom. The van der Waals surface area contributed by atoms with Crippen molar-refractivity contribution < 1.29 is 14.3 Å². The Bertz CT molecular complexity index is 261. The molecule has 1 N–H and O–H groups in total. The van der Waals surface area contributed by atoms with Crippen molar-refractivity contribution in [1.29, 1.82) is 0 Å². The standard InChI is InChI=1S/C13H24N2O3/c1-15(10-12-9-14-5-7-18-12)13(16)8-11-4-2-3-6-17-11/h11-12,14H,2-10H2,1H3. The van der Waals surface area contributed by atoms with E-state index in [1.165, 1.54) is 6.42 Å². The lowest BCUT2D eigenvalue weighted by Crippen LogP contribution is -2.46. The van der Waals surface area contributed by atoms with Gasteiger partial charge in [0.1, 0.15) is 0 Å². The van der Waals surface area contributed by atoms with Gasteiger partial charge in [-0.05, 0) is 19.3 Å². The number of amides is 1. The third-order valence-corrected chi connectivity index (χ3v) is 3.58. The molecule has 0 bridgehead atoms. The van der Waals surface area contributed by atoms with E-state index < -0.39 is 0 Å². The van der Waals surface area contributed by atoms with Gasteiger partial charge in [0.2, 0.25) is 5.91 Å². The van der Waals surface area contributed by atoms with Gasteiger partial charge in [0.05, 0.1) is 25.2 Å². The van der Waals surface area contributed by atoms with E-state index >= 15 is 0 Å². The van der Waals surface area contributed by atoms with Crippen LogP contribution in [-0.4, -0.2) is 62.9 Å². The predicted octanol–water partition coefficient (Wildman–Crippen LogP) is 0.392. The van der Waals surface area contributed by atoms with Gasteiger partial charge in [-0.15, -0.1) is 0 Å². The molecule has 0 aromatic rings. The second kappa shape index (κ2) is 7.07. The number of rotatable bonds is 4. The minimum Gasteiger partial charge on any atom is -0.378 e. The number of hydrogen-bond acceptors (Lipinski definition) is 4. The highest BCUT2D eigenvalue weighted by molar-refractivity contribution is 5.76. The molecule has 5 nitrogen and oxygen atoms in total. The lowest BCUT2D eigenvalue weighted by molar-refractivity contribution is -0.135. The molecule has 0 aromatic carbocycles. The van der Waals surface area contributed by atoms with Gasteiger partial charge in [-0.3, -0.25) is 4.79 Å². The van der Waals surface area contributed by atoms with Crippen LogP contribution in [-0.2, 0) is 14.3 Å². The number of ether oxygens (including phenoxy) is 2. The average Bonchev–Trinajstić information content (AvgIpc) is 2.41. The van der Waals surface area contributed by atoms with Crippen molar-refractivity contribution in [2.45, 2.75) is 37.9 Å². The summed E-state index contributed by atoms with van der Waals surface area (Å²) in [5.41, 5.74) is 0. The zero-order valence-corrected chi connectivity index (χ0v) is 11.2. The lowest BCUT2D eigenvalue weighted by Gasteiger charge is -2.29. The zero-order valence-electron chi connectivity index (χ0n) is 11.2. The summed E-state index contributed by atoms with van der Waals surface area (Å²) in [6.45, 7) is 3.94. The van der Waals surface area contributed by atoms with Crippen LogP contribution in [0, 0.1) is 0 Å². The third-order valence-electron chi connectivity index (χ3n) is 3.58. The lowest BCUT2D eigenvalue weighted by atomic mass is 10.1. The fourth-order valence-corrected chi connectivity index (χ4v) is 2.46. The summed E-state index contributed by atoms with van der Waals surface area (Å²) in [6.07, 6.45) is 4.08. The molecule has 2 unspecified atom stereocenters. The molecule has 0 saturated carbocycles. The minimum atomic E-state index is 0.124. The van der Waals surface area contributed by atoms with Gasteiger partial charge in [-0.1, -0.05) is 0 Å². The molecule has 0 aliphatic carbocycles. The monoisotopic (exact) mass is 256 g/mol. The van der Waals surface area contributed by atoms with Gasteiger partial charge in [0, 0.05) is 33.3 Å². The van der Waals surface area contributed by atoms with E-state index in [9.17, 15) is 4.79 Å². The molecule has 2 aliphatic rings. The zero-order chi connectivity index (χ0) is 12.8. The van der Waals surface area contributed by atoms with Crippen molar-refractivity contribution in [3.63, 3.8) is 0 Å². The molecule has 2 rings (SSSR count). The third kappa shape index (κ3) is 4.23. The van der Waals surface area contributed by atoms with Crippen LogP contribution in [0.5, 0.6) is 0 Å². The first kappa shape index (κ1) is 13.8. The first-order valence-electron chi connectivity index (χ1n) is 6.93. The Hall–Kier alpha value is -0.650. The highest BCUT2D eigenvalue weighted by atomic mass is 16.5. The Labute approximate surface area is 109 Å². The number of carbonyl (C=O) groups is 1. The Kier molecular flexibility index (Phi) is 5.41. The normalized spacial score (nSPS) is 28.9. The van der Waals surface area contributed by atoms with E-state index in [-0.39, 0.29) is 18.1 Å². The van der Waals surface area contributed by atoms with Crippen LogP contribution in [0.1, 0.15) is 25.7 Å². The van der Waals surface area contributed by atoms with E-state index in [0.717, 1.165) is 39.1 Å². The van der Waals surface area contributed by atoms with E-state index in [2.05, 4.69) is 5.32 Å². The Balaban J connectivity index is 1.69. The molecule has 2 heterocycles. The van der Waals surface area contributed by atoms with Gasteiger partial charge in [0.15, 0.2) is 0 Å². The maximum absolute atomic E-state index is 12.1. The quantitative estimate of drug-likeness (QED) is 0.790. The molecule has 2 aliphatic heterocycles. The van der Waals surface area contributed by atoms with Gasteiger partial charge >= 0.3 is 0 Å². The molecule has 1 amide bonds. The first-order valence-corrected chi connectivity index (χ1v) is 6.93. The maximum atomic E-state index is 12.1. The highest BCUT2D eigenvalue weighted by Crippen LogP contribution is 2.16. The summed E-state index contributed by atoms with van der Waals surface area (Å²) < 4.78 is 11.2. The van der Waals surface area contributed by atoms with Crippen LogP contribution in [0.25, 0.3) is 0 Å². The topological polar surface area (TPSA) is 50.8 Å². The predicted molar refractivity (Wildman–Crippen MR) is 68.5 cm³/mol. The fourth-order valence-electron chi connectivity index (χ4n) is 2.46. The number of nitrogens with one attached hydrogen (secondary N) is 1. The maximum Gasteiger partial charge on any atom is 0.225 e. The molecule has 0 aromatic heterocycles. The number of hydrogen-bond donors (Lipinski definition) is 1. The second-order valence-electron chi connectivity index (χ2n) is 5.16. The van der Waals surface area contributed by atoms with Gasteiger partial charge in [0.25, 0.3) is 0 Å². The number of carbonyl (C=O) groups excluding carboxylic acids is 1. The van der Waals surface area contributed by atoms with Crippen molar-refractivity contribution in [2.75, 3.05) is 39.9 Å². The SMILES string of the molecule is CN(CC1CNCCO1)C(=O)CC1CCCCO1. The summed E-state index contributed by atoms with van der Waals surface area (Å²) in [4.78, 5) is 13.8. The molecule has 2 fully saturated rings. The molecule has 18 heavy (non-hydrogen) atoms. The largest absolute Gasteiger partial charge is 0.378 e. The van der Waals surface area contributed by atoms with E-state index in [0.29, 0.717) is 13.0 Å². The number of nitrogens with zero attached hydrogens (tertiary/aromatic N) is 1. The summed E-state index contributed by atoms with van der Waals surface area (Å²) in [6, 6.07) is 0. The van der Waals surface area contributed by atoms with Crippen LogP contribution >= 0.6 is 0 Å². The van der Waals surface area contributed by atoms with Crippen LogP contribution < -0.4 is 5.32 Å². The van der Waals surface area contributed by atoms with Crippen molar-refractivity contribution >= 4 is 5.91 Å². The highest BCUT2D eigenvalue weighted by Gasteiger charge is 2.22. The molecule has 2 saturated heterocycles. The van der Waals surface area contributed by atoms with E-state index in [4.69, 9.17) is 9.47 Å². The summed E-state index contributed by atoms with van der Waals surface area (Å²) in [7, 11) is 1.85. The minimum absolute atomic E-state index is 0.124. The summed E-state index contributed by atoms with van der Waals surface area (Å²) in [5.74, 6) is 0.163. The molecule has 0 spiro atoms. The second-order valence-corrected chi connectivity index (χ2v) is 5.16. The first-order chi connectivity index (χ1) is 8.75. The van der Waals surface area contributed by atoms with E-state index in [1.807, 2.05) is 7.05 Å². The Morgan fingerprint density at radius 1 is 1.28 bits per heavy atom. The molecule has 0 radical (unpaired) electrons.